The molecule has 0 aromatic heterocycles. The number of anilines is 1. The zero-order chi connectivity index (χ0) is 18.4. The van der Waals surface area contributed by atoms with Crippen LogP contribution in [-0.4, -0.2) is 17.6 Å². The summed E-state index contributed by atoms with van der Waals surface area (Å²) in [4.78, 5) is 12.1. The van der Waals surface area contributed by atoms with E-state index in [4.69, 9.17) is 17.0 Å². The van der Waals surface area contributed by atoms with Crippen molar-refractivity contribution in [1.82, 2.24) is 5.32 Å². The number of aryl methyl sites for hydroxylation is 1. The third-order valence-corrected chi connectivity index (χ3v) is 4.43. The van der Waals surface area contributed by atoms with Crippen molar-refractivity contribution in [3.05, 3.63) is 57.2 Å². The van der Waals surface area contributed by atoms with Crippen LogP contribution in [0.5, 0.6) is 5.75 Å². The van der Waals surface area contributed by atoms with Crippen molar-refractivity contribution in [2.75, 3.05) is 11.9 Å². The molecule has 2 rings (SSSR count). The maximum atomic E-state index is 12.1. The fraction of sp³-hybridized carbons (Fsp3) is 0.263. The van der Waals surface area contributed by atoms with Crippen molar-refractivity contribution in [3.63, 3.8) is 0 Å². The minimum atomic E-state index is -0.292. The smallest absolute Gasteiger partial charge is 0.264 e. The Hall–Kier alpha value is -1.67. The van der Waals surface area contributed by atoms with Gasteiger partial charge in [-0.3, -0.25) is 10.1 Å². The molecule has 0 radical (unpaired) electrons. The van der Waals surface area contributed by atoms with Gasteiger partial charge in [-0.05, 0) is 89.1 Å². The van der Waals surface area contributed by atoms with Crippen LogP contribution in [0, 0.1) is 10.5 Å². The Kier molecular flexibility index (Phi) is 7.19. The van der Waals surface area contributed by atoms with Crippen LogP contribution >= 0.6 is 34.8 Å². The highest BCUT2D eigenvalue weighted by Gasteiger charge is 2.11. The third-order valence-electron chi connectivity index (χ3n) is 3.50. The van der Waals surface area contributed by atoms with Gasteiger partial charge in [0.2, 0.25) is 0 Å². The summed E-state index contributed by atoms with van der Waals surface area (Å²) in [5.74, 6) is 0.767. The minimum absolute atomic E-state index is 0.0856. The highest BCUT2D eigenvalue weighted by molar-refractivity contribution is 14.1. The number of thiocarbonyl (C=S) groups is 1. The van der Waals surface area contributed by atoms with Crippen LogP contribution in [0.1, 0.15) is 30.9 Å². The maximum absolute atomic E-state index is 12.1. The molecule has 0 unspecified atom stereocenters. The van der Waals surface area contributed by atoms with Gasteiger partial charge in [-0.25, -0.2) is 0 Å². The number of halogens is 1. The summed E-state index contributed by atoms with van der Waals surface area (Å²) >= 11 is 7.39. The summed E-state index contributed by atoms with van der Waals surface area (Å²) in [6, 6.07) is 13.8. The molecule has 0 spiro atoms. The molecule has 0 fully saturated rings. The van der Waals surface area contributed by atoms with Gasteiger partial charge >= 0.3 is 0 Å². The lowest BCUT2D eigenvalue weighted by molar-refractivity contribution is -0.121. The van der Waals surface area contributed by atoms with Crippen LogP contribution in [0.25, 0.3) is 0 Å². The Morgan fingerprint density at radius 1 is 1.20 bits per heavy atom. The molecule has 0 bridgehead atoms. The normalized spacial score (nSPS) is 10.4. The standard InChI is InChI=1S/C19H21IN2O2S/c1-12(2)16-9-4-13(3)10-17(16)24-11-18(23)22-19(25)21-15-7-5-14(20)6-8-15/h4-10,12H,11H2,1-3H3,(H2,21,22,23,25). The van der Waals surface area contributed by atoms with Gasteiger partial charge in [-0.2, -0.15) is 0 Å². The van der Waals surface area contributed by atoms with Crippen LogP contribution in [0.15, 0.2) is 42.5 Å². The van der Waals surface area contributed by atoms with Crippen molar-refractivity contribution in [1.29, 1.82) is 0 Å². The fourth-order valence-electron chi connectivity index (χ4n) is 2.25. The van der Waals surface area contributed by atoms with E-state index in [-0.39, 0.29) is 17.6 Å². The van der Waals surface area contributed by atoms with Gasteiger partial charge in [0.15, 0.2) is 11.7 Å². The van der Waals surface area contributed by atoms with Crippen LogP contribution in [0.2, 0.25) is 0 Å². The van der Waals surface area contributed by atoms with Crippen molar-refractivity contribution < 1.29 is 9.53 Å². The Morgan fingerprint density at radius 3 is 2.52 bits per heavy atom. The summed E-state index contributed by atoms with van der Waals surface area (Å²) in [7, 11) is 0. The van der Waals surface area contributed by atoms with Gasteiger partial charge in [0, 0.05) is 9.26 Å². The maximum Gasteiger partial charge on any atom is 0.264 e. The van der Waals surface area contributed by atoms with E-state index in [0.29, 0.717) is 5.92 Å². The molecule has 0 aliphatic heterocycles. The largest absolute Gasteiger partial charge is 0.483 e. The molecule has 25 heavy (non-hydrogen) atoms. The van der Waals surface area contributed by atoms with Crippen molar-refractivity contribution >= 4 is 51.5 Å². The Balaban J connectivity index is 1.89. The van der Waals surface area contributed by atoms with Crippen molar-refractivity contribution in [2.24, 2.45) is 0 Å². The number of amides is 1. The van der Waals surface area contributed by atoms with E-state index in [1.54, 1.807) is 0 Å². The van der Waals surface area contributed by atoms with E-state index in [1.807, 2.05) is 49.4 Å². The van der Waals surface area contributed by atoms with E-state index in [9.17, 15) is 4.79 Å². The predicted molar refractivity (Wildman–Crippen MR) is 114 cm³/mol. The van der Waals surface area contributed by atoms with Gasteiger partial charge in [0.25, 0.3) is 5.91 Å². The molecule has 0 saturated heterocycles. The number of hydrogen-bond acceptors (Lipinski definition) is 3. The number of ether oxygens (including phenoxy) is 1. The number of benzene rings is 2. The van der Waals surface area contributed by atoms with Crippen LogP contribution in [-0.2, 0) is 4.79 Å². The topological polar surface area (TPSA) is 50.4 Å². The summed E-state index contributed by atoms with van der Waals surface area (Å²) in [6.07, 6.45) is 0. The van der Waals surface area contributed by atoms with E-state index >= 15 is 0 Å². The Bertz CT molecular complexity index is 761. The molecule has 0 atom stereocenters. The molecular formula is C19H21IN2O2S. The first-order valence-electron chi connectivity index (χ1n) is 7.95. The molecular weight excluding hydrogens is 447 g/mol. The second-order valence-corrected chi connectivity index (χ2v) is 7.65. The molecule has 0 aliphatic carbocycles. The highest BCUT2D eigenvalue weighted by Crippen LogP contribution is 2.27. The van der Waals surface area contributed by atoms with E-state index in [1.165, 1.54) is 0 Å². The molecule has 0 heterocycles. The number of carbonyl (C=O) groups excluding carboxylic acids is 1. The van der Waals surface area contributed by atoms with E-state index in [0.717, 1.165) is 26.1 Å². The first kappa shape index (κ1) is 19.7. The van der Waals surface area contributed by atoms with Crippen LogP contribution < -0.4 is 15.4 Å². The molecule has 2 N–H and O–H groups in total. The number of hydrogen-bond donors (Lipinski definition) is 2. The lowest BCUT2D eigenvalue weighted by Crippen LogP contribution is -2.37. The van der Waals surface area contributed by atoms with Crippen molar-refractivity contribution in [3.8, 4) is 5.75 Å². The summed E-state index contributed by atoms with van der Waals surface area (Å²) in [5, 5.41) is 5.86. The van der Waals surface area contributed by atoms with Gasteiger partial charge in [-0.15, -0.1) is 0 Å². The summed E-state index contributed by atoms with van der Waals surface area (Å²) < 4.78 is 6.84. The summed E-state index contributed by atoms with van der Waals surface area (Å²) in [5.41, 5.74) is 3.00. The van der Waals surface area contributed by atoms with Crippen LogP contribution in [0.3, 0.4) is 0 Å². The Morgan fingerprint density at radius 2 is 1.88 bits per heavy atom. The molecule has 0 aliphatic rings. The zero-order valence-electron chi connectivity index (χ0n) is 14.4. The molecule has 1 amide bonds. The lowest BCUT2D eigenvalue weighted by Gasteiger charge is -2.15. The first-order valence-corrected chi connectivity index (χ1v) is 9.43. The van der Waals surface area contributed by atoms with E-state index in [2.05, 4.69) is 47.1 Å². The van der Waals surface area contributed by atoms with E-state index < -0.39 is 0 Å². The first-order chi connectivity index (χ1) is 11.8. The SMILES string of the molecule is Cc1ccc(C(C)C)c(OCC(=O)NC(=S)Nc2ccc(I)cc2)c1. The lowest BCUT2D eigenvalue weighted by atomic mass is 10.0. The molecule has 132 valence electrons. The molecule has 6 heteroatoms. The molecule has 0 saturated carbocycles. The Labute approximate surface area is 167 Å². The van der Waals surface area contributed by atoms with Gasteiger partial charge in [0.1, 0.15) is 5.75 Å². The summed E-state index contributed by atoms with van der Waals surface area (Å²) in [6.45, 7) is 6.10. The number of carbonyl (C=O) groups is 1. The monoisotopic (exact) mass is 468 g/mol. The number of nitrogens with one attached hydrogen (secondary N) is 2. The average molecular weight is 468 g/mol. The quantitative estimate of drug-likeness (QED) is 0.497. The predicted octanol–water partition coefficient (Wildman–Crippen LogP) is 4.62. The molecule has 4 nitrogen and oxygen atoms in total. The average Bonchev–Trinajstić information content (AvgIpc) is 2.54. The molecule has 2 aromatic carbocycles. The second-order valence-electron chi connectivity index (χ2n) is 5.99. The molecule has 2 aromatic rings. The second kappa shape index (κ2) is 9.15. The minimum Gasteiger partial charge on any atom is -0.483 e. The van der Waals surface area contributed by atoms with Crippen molar-refractivity contribution in [2.45, 2.75) is 26.7 Å². The van der Waals surface area contributed by atoms with Gasteiger partial charge in [-0.1, -0.05) is 26.0 Å². The fourth-order valence-corrected chi connectivity index (χ4v) is 2.84. The zero-order valence-corrected chi connectivity index (χ0v) is 17.4. The van der Waals surface area contributed by atoms with Gasteiger partial charge < -0.3 is 10.1 Å². The third kappa shape index (κ3) is 6.28. The number of rotatable bonds is 5. The van der Waals surface area contributed by atoms with Crippen LogP contribution in [0.4, 0.5) is 5.69 Å². The highest BCUT2D eigenvalue weighted by atomic mass is 127. The van der Waals surface area contributed by atoms with Gasteiger partial charge in [0.05, 0.1) is 0 Å².